The molecule has 0 fully saturated rings. The van der Waals surface area contributed by atoms with Crippen LogP contribution in [-0.2, 0) is 0 Å². The lowest BCUT2D eigenvalue weighted by Gasteiger charge is -2.03. The minimum Gasteiger partial charge on any atom is -0.436 e. The highest BCUT2D eigenvalue weighted by atomic mass is 16.3. The lowest BCUT2D eigenvalue weighted by atomic mass is 10.1. The van der Waals surface area contributed by atoms with E-state index in [-0.39, 0.29) is 28.1 Å². The number of nitrogens with one attached hydrogen (secondary N) is 2. The van der Waals surface area contributed by atoms with Gasteiger partial charge in [-0.2, -0.15) is 0 Å². The largest absolute Gasteiger partial charge is 0.436 e. The van der Waals surface area contributed by atoms with E-state index in [2.05, 4.69) is 20.1 Å². The predicted octanol–water partition coefficient (Wildman–Crippen LogP) is 2.80. The van der Waals surface area contributed by atoms with Crippen LogP contribution in [0.5, 0.6) is 0 Å². The van der Waals surface area contributed by atoms with Crippen LogP contribution in [0.15, 0.2) is 56.6 Å². The molecular formula is C20H15N5O3. The number of hydrogen-bond donors (Lipinski definition) is 2. The highest BCUT2D eigenvalue weighted by Crippen LogP contribution is 2.28. The van der Waals surface area contributed by atoms with Crippen molar-refractivity contribution in [1.82, 2.24) is 24.6 Å². The number of oxazole rings is 1. The molecule has 138 valence electrons. The van der Waals surface area contributed by atoms with Gasteiger partial charge >= 0.3 is 0 Å². The molecule has 5 aromatic rings. The molecule has 0 spiro atoms. The molecule has 5 rings (SSSR count). The quantitative estimate of drug-likeness (QED) is 0.494. The van der Waals surface area contributed by atoms with Gasteiger partial charge < -0.3 is 9.40 Å². The van der Waals surface area contributed by atoms with Gasteiger partial charge in [-0.3, -0.25) is 14.7 Å². The van der Waals surface area contributed by atoms with Crippen molar-refractivity contribution in [2.24, 2.45) is 0 Å². The Morgan fingerprint density at radius 2 is 1.79 bits per heavy atom. The standard InChI is InChI=1S/C20H15N5O3/c1-10-15(19-23-16-13(28-19)8-9-21-18(16)26)20(27)25-17(22-10)14(11(2)24-25)12-6-4-3-5-7-12/h3-9,24H,1-2H3,(H,21,26). The lowest BCUT2D eigenvalue weighted by molar-refractivity contribution is 0.616. The van der Waals surface area contributed by atoms with Crippen molar-refractivity contribution in [3.63, 3.8) is 0 Å². The van der Waals surface area contributed by atoms with E-state index in [1.165, 1.54) is 10.7 Å². The number of rotatable bonds is 2. The number of aromatic amines is 2. The summed E-state index contributed by atoms with van der Waals surface area (Å²) in [6.45, 7) is 3.62. The Bertz CT molecular complexity index is 1470. The Kier molecular flexibility index (Phi) is 3.35. The number of nitrogens with zero attached hydrogens (tertiary/aromatic N) is 3. The summed E-state index contributed by atoms with van der Waals surface area (Å²) in [6.07, 6.45) is 1.47. The highest BCUT2D eigenvalue weighted by molar-refractivity contribution is 5.81. The molecule has 4 aromatic heterocycles. The maximum absolute atomic E-state index is 13.2. The van der Waals surface area contributed by atoms with E-state index in [0.29, 0.717) is 16.9 Å². The van der Waals surface area contributed by atoms with Crippen LogP contribution in [0.25, 0.3) is 39.3 Å². The summed E-state index contributed by atoms with van der Waals surface area (Å²) >= 11 is 0. The predicted molar refractivity (Wildman–Crippen MR) is 104 cm³/mol. The maximum atomic E-state index is 13.2. The van der Waals surface area contributed by atoms with Crippen molar-refractivity contribution in [3.05, 3.63) is 74.7 Å². The van der Waals surface area contributed by atoms with Gasteiger partial charge in [-0.05, 0) is 25.5 Å². The molecule has 0 bridgehead atoms. The zero-order valence-electron chi connectivity index (χ0n) is 15.1. The lowest BCUT2D eigenvalue weighted by Crippen LogP contribution is -2.19. The third-order valence-corrected chi connectivity index (χ3v) is 4.74. The van der Waals surface area contributed by atoms with Gasteiger partial charge in [-0.15, -0.1) is 0 Å². The third kappa shape index (κ3) is 2.24. The van der Waals surface area contributed by atoms with Crippen molar-refractivity contribution in [3.8, 4) is 22.6 Å². The summed E-state index contributed by atoms with van der Waals surface area (Å²) in [4.78, 5) is 36.6. The minimum atomic E-state index is -0.374. The van der Waals surface area contributed by atoms with Gasteiger partial charge in [0.2, 0.25) is 5.89 Å². The molecule has 0 aliphatic heterocycles. The number of hydrogen-bond acceptors (Lipinski definition) is 5. The molecule has 4 heterocycles. The zero-order chi connectivity index (χ0) is 19.4. The first-order chi connectivity index (χ1) is 13.5. The maximum Gasteiger partial charge on any atom is 0.285 e. The van der Waals surface area contributed by atoms with Crippen molar-refractivity contribution < 1.29 is 4.42 Å². The molecule has 0 saturated carbocycles. The number of aromatic nitrogens is 5. The van der Waals surface area contributed by atoms with E-state index in [0.717, 1.165) is 16.8 Å². The molecule has 0 saturated heterocycles. The average molecular weight is 373 g/mol. The van der Waals surface area contributed by atoms with Crippen LogP contribution in [0.4, 0.5) is 0 Å². The van der Waals surface area contributed by atoms with Crippen LogP contribution in [0.2, 0.25) is 0 Å². The molecule has 0 radical (unpaired) electrons. The summed E-state index contributed by atoms with van der Waals surface area (Å²) in [5.41, 5.74) is 3.62. The smallest absolute Gasteiger partial charge is 0.285 e. The zero-order valence-corrected chi connectivity index (χ0v) is 15.1. The Morgan fingerprint density at radius 3 is 2.54 bits per heavy atom. The topological polar surface area (TPSA) is 109 Å². The molecule has 1 aromatic carbocycles. The Balaban J connectivity index is 1.81. The van der Waals surface area contributed by atoms with Crippen molar-refractivity contribution >= 4 is 16.7 Å². The van der Waals surface area contributed by atoms with Crippen LogP contribution >= 0.6 is 0 Å². The van der Waals surface area contributed by atoms with Crippen molar-refractivity contribution in [2.75, 3.05) is 0 Å². The van der Waals surface area contributed by atoms with Crippen LogP contribution in [0, 0.1) is 13.8 Å². The molecule has 0 aliphatic rings. The van der Waals surface area contributed by atoms with Gasteiger partial charge in [0.15, 0.2) is 16.7 Å². The number of aryl methyl sites for hydroxylation is 2. The summed E-state index contributed by atoms with van der Waals surface area (Å²) in [7, 11) is 0. The summed E-state index contributed by atoms with van der Waals surface area (Å²) < 4.78 is 7.06. The molecular weight excluding hydrogens is 358 g/mol. The number of fused-ring (bicyclic) bond motifs is 2. The third-order valence-electron chi connectivity index (χ3n) is 4.74. The Hall–Kier alpha value is -3.94. The van der Waals surface area contributed by atoms with Crippen LogP contribution in [-0.4, -0.2) is 24.6 Å². The molecule has 8 heteroatoms. The van der Waals surface area contributed by atoms with Crippen LogP contribution in [0.3, 0.4) is 0 Å². The summed E-state index contributed by atoms with van der Waals surface area (Å²) in [5.74, 6) is 0.0737. The fourth-order valence-corrected chi connectivity index (χ4v) is 3.46. The fraction of sp³-hybridized carbons (Fsp3) is 0.100. The Morgan fingerprint density at radius 1 is 1.00 bits per heavy atom. The average Bonchev–Trinajstić information content (AvgIpc) is 3.24. The number of pyridine rings is 1. The first kappa shape index (κ1) is 16.2. The monoisotopic (exact) mass is 373 g/mol. The summed E-state index contributed by atoms with van der Waals surface area (Å²) in [5, 5.41) is 3.08. The van der Waals surface area contributed by atoms with Gasteiger partial charge in [0.05, 0.1) is 5.69 Å². The van der Waals surface area contributed by atoms with E-state index in [1.54, 1.807) is 13.0 Å². The molecule has 0 atom stereocenters. The second kappa shape index (κ2) is 5.78. The first-order valence-electron chi connectivity index (χ1n) is 8.70. The van der Waals surface area contributed by atoms with Gasteiger partial charge in [-0.1, -0.05) is 30.3 Å². The van der Waals surface area contributed by atoms with E-state index >= 15 is 0 Å². The summed E-state index contributed by atoms with van der Waals surface area (Å²) in [6, 6.07) is 11.3. The van der Waals surface area contributed by atoms with E-state index in [1.807, 2.05) is 37.3 Å². The molecule has 0 unspecified atom stereocenters. The van der Waals surface area contributed by atoms with Gasteiger partial charge in [-0.25, -0.2) is 14.5 Å². The number of benzene rings is 1. The van der Waals surface area contributed by atoms with E-state index in [4.69, 9.17) is 4.42 Å². The fourth-order valence-electron chi connectivity index (χ4n) is 3.46. The molecule has 0 amide bonds. The van der Waals surface area contributed by atoms with Gasteiger partial charge in [0, 0.05) is 17.5 Å². The van der Waals surface area contributed by atoms with Crippen LogP contribution in [0.1, 0.15) is 11.4 Å². The second-order valence-corrected chi connectivity index (χ2v) is 6.55. The normalized spacial score (nSPS) is 11.5. The van der Waals surface area contributed by atoms with Crippen molar-refractivity contribution in [1.29, 1.82) is 0 Å². The second-order valence-electron chi connectivity index (χ2n) is 6.55. The van der Waals surface area contributed by atoms with E-state index < -0.39 is 0 Å². The van der Waals surface area contributed by atoms with Crippen LogP contribution < -0.4 is 11.1 Å². The SMILES string of the molecule is Cc1nc2c(-c3ccccc3)c(C)[nH]n2c(=O)c1-c1nc2c(=O)[nH]ccc2o1. The molecule has 0 aliphatic carbocycles. The molecule has 2 N–H and O–H groups in total. The van der Waals surface area contributed by atoms with Crippen molar-refractivity contribution in [2.45, 2.75) is 13.8 Å². The Labute approximate surface area is 157 Å². The first-order valence-corrected chi connectivity index (χ1v) is 8.70. The molecule has 8 nitrogen and oxygen atoms in total. The van der Waals surface area contributed by atoms with E-state index in [9.17, 15) is 9.59 Å². The minimum absolute atomic E-state index is 0.0737. The number of H-pyrrole nitrogens is 2. The van der Waals surface area contributed by atoms with Gasteiger partial charge in [0.1, 0.15) is 5.56 Å². The highest BCUT2D eigenvalue weighted by Gasteiger charge is 2.22. The molecule has 28 heavy (non-hydrogen) atoms. The van der Waals surface area contributed by atoms with Gasteiger partial charge in [0.25, 0.3) is 11.1 Å².